The number of hydrogen-bond acceptors (Lipinski definition) is 4. The summed E-state index contributed by atoms with van der Waals surface area (Å²) in [5.74, 6) is 0. The fourth-order valence-corrected chi connectivity index (χ4v) is 0.877. The molecule has 2 atom stereocenters. The van der Waals surface area contributed by atoms with Gasteiger partial charge in [0.25, 0.3) is 0 Å². The van der Waals surface area contributed by atoms with E-state index in [-0.39, 0.29) is 6.73 Å². The van der Waals surface area contributed by atoms with Gasteiger partial charge >= 0.3 is 6.03 Å². The standard InChI is InChI=1S/C7H16N2O4/c1-5(10)9(6(2)11)7(12)8-4-13-3/h5-6,10-11H,4H2,1-3H3,(H,8,12). The number of hydrogen-bond donors (Lipinski definition) is 3. The molecule has 0 aliphatic rings. The van der Waals surface area contributed by atoms with Crippen molar-refractivity contribution in [1.29, 1.82) is 0 Å². The third kappa shape index (κ3) is 4.07. The van der Waals surface area contributed by atoms with Gasteiger partial charge in [0.15, 0.2) is 0 Å². The second-order valence-electron chi connectivity index (χ2n) is 2.59. The maximum absolute atomic E-state index is 11.2. The van der Waals surface area contributed by atoms with E-state index >= 15 is 0 Å². The molecule has 6 heteroatoms. The molecule has 0 aromatic rings. The summed E-state index contributed by atoms with van der Waals surface area (Å²) in [5.41, 5.74) is 0. The number of carbonyl (C=O) groups excluding carboxylic acids is 1. The number of rotatable bonds is 4. The quantitative estimate of drug-likeness (QED) is 0.513. The largest absolute Gasteiger partial charge is 0.374 e. The van der Waals surface area contributed by atoms with E-state index in [0.717, 1.165) is 4.90 Å². The van der Waals surface area contributed by atoms with Crippen LogP contribution in [0, 0.1) is 0 Å². The van der Waals surface area contributed by atoms with Crippen LogP contribution in [0.15, 0.2) is 0 Å². The zero-order valence-corrected chi connectivity index (χ0v) is 8.02. The summed E-state index contributed by atoms with van der Waals surface area (Å²) in [5, 5.41) is 20.6. The Kier molecular flexibility index (Phi) is 5.36. The normalized spacial score (nSPS) is 14.8. The van der Waals surface area contributed by atoms with Crippen molar-refractivity contribution in [2.24, 2.45) is 0 Å². The molecule has 0 rings (SSSR count). The predicted molar refractivity (Wildman–Crippen MR) is 45.6 cm³/mol. The molecule has 0 aromatic carbocycles. The van der Waals surface area contributed by atoms with Gasteiger partial charge in [-0.15, -0.1) is 0 Å². The Morgan fingerprint density at radius 3 is 2.23 bits per heavy atom. The van der Waals surface area contributed by atoms with Crippen molar-refractivity contribution in [3.63, 3.8) is 0 Å². The molecule has 0 saturated carbocycles. The Labute approximate surface area is 77.1 Å². The van der Waals surface area contributed by atoms with Gasteiger partial charge in [-0.1, -0.05) is 0 Å². The van der Waals surface area contributed by atoms with Crippen LogP contribution >= 0.6 is 0 Å². The number of nitrogens with zero attached hydrogens (tertiary/aromatic N) is 1. The summed E-state index contributed by atoms with van der Waals surface area (Å²) in [6, 6.07) is -0.577. The van der Waals surface area contributed by atoms with Crippen LogP contribution in [-0.4, -0.2) is 47.4 Å². The van der Waals surface area contributed by atoms with E-state index < -0.39 is 18.5 Å². The molecular weight excluding hydrogens is 176 g/mol. The van der Waals surface area contributed by atoms with E-state index in [4.69, 9.17) is 10.2 Å². The highest BCUT2D eigenvalue weighted by Gasteiger charge is 2.21. The molecule has 0 aliphatic carbocycles. The van der Waals surface area contributed by atoms with Crippen LogP contribution in [0.5, 0.6) is 0 Å². The number of amides is 2. The molecule has 6 nitrogen and oxygen atoms in total. The van der Waals surface area contributed by atoms with Crippen LogP contribution < -0.4 is 5.32 Å². The predicted octanol–water partition coefficient (Wildman–Crippen LogP) is -0.722. The smallest absolute Gasteiger partial charge is 0.323 e. The van der Waals surface area contributed by atoms with Crippen LogP contribution in [0.1, 0.15) is 13.8 Å². The fourth-order valence-electron chi connectivity index (χ4n) is 0.877. The lowest BCUT2D eigenvalue weighted by Gasteiger charge is -2.28. The van der Waals surface area contributed by atoms with Crippen molar-refractivity contribution in [2.45, 2.75) is 26.3 Å². The van der Waals surface area contributed by atoms with Gasteiger partial charge in [0, 0.05) is 7.11 Å². The first-order chi connectivity index (χ1) is 6.00. The summed E-state index contributed by atoms with van der Waals surface area (Å²) in [4.78, 5) is 12.1. The lowest BCUT2D eigenvalue weighted by Crippen LogP contribution is -2.50. The van der Waals surface area contributed by atoms with Crippen LogP contribution in [0.2, 0.25) is 0 Å². The molecule has 0 aromatic heterocycles. The number of aliphatic hydroxyl groups excluding tert-OH is 2. The highest BCUT2D eigenvalue weighted by molar-refractivity contribution is 5.74. The molecule has 0 spiro atoms. The summed E-state index contributed by atoms with van der Waals surface area (Å²) < 4.78 is 4.60. The number of methoxy groups -OCH3 is 1. The summed E-state index contributed by atoms with van der Waals surface area (Å²) in [6.07, 6.45) is -2.09. The Morgan fingerprint density at radius 2 is 1.92 bits per heavy atom. The number of carbonyl (C=O) groups is 1. The molecule has 3 N–H and O–H groups in total. The van der Waals surface area contributed by atoms with Crippen LogP contribution in [-0.2, 0) is 4.74 Å². The molecule has 0 radical (unpaired) electrons. The highest BCUT2D eigenvalue weighted by Crippen LogP contribution is 2.00. The number of urea groups is 1. The van der Waals surface area contributed by atoms with Crippen molar-refractivity contribution in [3.8, 4) is 0 Å². The monoisotopic (exact) mass is 192 g/mol. The van der Waals surface area contributed by atoms with Gasteiger partial charge in [-0.25, -0.2) is 4.79 Å². The van der Waals surface area contributed by atoms with Crippen molar-refractivity contribution in [1.82, 2.24) is 10.2 Å². The van der Waals surface area contributed by atoms with Crippen LogP contribution in [0.3, 0.4) is 0 Å². The number of ether oxygens (including phenoxy) is 1. The van der Waals surface area contributed by atoms with E-state index in [0.29, 0.717) is 0 Å². The van der Waals surface area contributed by atoms with Gasteiger partial charge in [0.1, 0.15) is 19.2 Å². The van der Waals surface area contributed by atoms with Crippen molar-refractivity contribution in [2.75, 3.05) is 13.8 Å². The molecule has 0 heterocycles. The average molecular weight is 192 g/mol. The molecular formula is C7H16N2O4. The Balaban J connectivity index is 4.13. The van der Waals surface area contributed by atoms with Gasteiger partial charge < -0.3 is 20.3 Å². The SMILES string of the molecule is COCNC(=O)N(C(C)O)C(C)O. The second-order valence-corrected chi connectivity index (χ2v) is 2.59. The van der Waals surface area contributed by atoms with Crippen LogP contribution in [0.4, 0.5) is 4.79 Å². The topological polar surface area (TPSA) is 82.0 Å². The third-order valence-electron chi connectivity index (χ3n) is 1.41. The lowest BCUT2D eigenvalue weighted by atomic mass is 10.4. The van der Waals surface area contributed by atoms with Gasteiger partial charge in [-0.2, -0.15) is 0 Å². The zero-order valence-electron chi connectivity index (χ0n) is 8.02. The van der Waals surface area contributed by atoms with Crippen LogP contribution in [0.25, 0.3) is 0 Å². The molecule has 0 bridgehead atoms. The summed E-state index contributed by atoms with van der Waals surface area (Å²) in [6.45, 7) is 2.81. The van der Waals surface area contributed by atoms with Gasteiger partial charge in [-0.3, -0.25) is 4.90 Å². The Bertz CT molecular complexity index is 153. The van der Waals surface area contributed by atoms with E-state index in [1.165, 1.54) is 21.0 Å². The first-order valence-corrected chi connectivity index (χ1v) is 3.92. The average Bonchev–Trinajstić information content (AvgIpc) is 1.99. The molecule has 0 aliphatic heterocycles. The van der Waals surface area contributed by atoms with Crippen molar-refractivity contribution >= 4 is 6.03 Å². The Hall–Kier alpha value is -0.850. The Morgan fingerprint density at radius 1 is 1.46 bits per heavy atom. The summed E-state index contributed by atoms with van der Waals surface area (Å²) in [7, 11) is 1.43. The highest BCUT2D eigenvalue weighted by atomic mass is 16.5. The first kappa shape index (κ1) is 12.2. The maximum Gasteiger partial charge on any atom is 0.323 e. The van der Waals surface area contributed by atoms with E-state index in [1.54, 1.807) is 0 Å². The molecule has 0 fully saturated rings. The minimum Gasteiger partial charge on any atom is -0.374 e. The number of nitrogens with one attached hydrogen (secondary N) is 1. The molecule has 0 saturated heterocycles. The van der Waals surface area contributed by atoms with Gasteiger partial charge in [0.2, 0.25) is 0 Å². The van der Waals surface area contributed by atoms with Crippen molar-refractivity contribution in [3.05, 3.63) is 0 Å². The van der Waals surface area contributed by atoms with Gasteiger partial charge in [0.05, 0.1) is 0 Å². The minimum atomic E-state index is -1.04. The first-order valence-electron chi connectivity index (χ1n) is 3.92. The van der Waals surface area contributed by atoms with E-state index in [9.17, 15) is 4.79 Å². The maximum atomic E-state index is 11.2. The molecule has 78 valence electrons. The minimum absolute atomic E-state index is 0.0365. The van der Waals surface area contributed by atoms with E-state index in [2.05, 4.69) is 10.1 Å². The number of aliphatic hydroxyl groups is 2. The van der Waals surface area contributed by atoms with Gasteiger partial charge in [-0.05, 0) is 13.8 Å². The molecule has 13 heavy (non-hydrogen) atoms. The summed E-state index contributed by atoms with van der Waals surface area (Å²) >= 11 is 0. The zero-order chi connectivity index (χ0) is 10.4. The van der Waals surface area contributed by atoms with E-state index in [1.807, 2.05) is 0 Å². The molecule has 2 unspecified atom stereocenters. The third-order valence-corrected chi connectivity index (χ3v) is 1.41. The molecule has 2 amide bonds. The fraction of sp³-hybridized carbons (Fsp3) is 0.857. The lowest BCUT2D eigenvalue weighted by molar-refractivity contribution is -0.0531. The van der Waals surface area contributed by atoms with Crippen molar-refractivity contribution < 1.29 is 19.7 Å². The second kappa shape index (κ2) is 5.74.